The van der Waals surface area contributed by atoms with Gasteiger partial charge in [0.2, 0.25) is 0 Å². The van der Waals surface area contributed by atoms with E-state index in [1.165, 1.54) is 37.7 Å². The second kappa shape index (κ2) is 11.4. The molecule has 5 nitrogen and oxygen atoms in total. The van der Waals surface area contributed by atoms with Crippen molar-refractivity contribution < 1.29 is 19.0 Å². The summed E-state index contributed by atoms with van der Waals surface area (Å²) >= 11 is 0. The van der Waals surface area contributed by atoms with Gasteiger partial charge in [0.25, 0.3) is 0 Å². The van der Waals surface area contributed by atoms with Gasteiger partial charge >= 0.3 is 6.09 Å². The minimum atomic E-state index is -0.715. The molecule has 0 spiro atoms. The van der Waals surface area contributed by atoms with Gasteiger partial charge in [-0.25, -0.2) is 4.79 Å². The first-order valence-corrected chi connectivity index (χ1v) is 13.3. The molecule has 5 heteroatoms. The second-order valence-electron chi connectivity index (χ2n) is 12.1. The van der Waals surface area contributed by atoms with Gasteiger partial charge in [-0.05, 0) is 58.4 Å². The minimum absolute atomic E-state index is 0.00507. The van der Waals surface area contributed by atoms with Crippen molar-refractivity contribution in [3.8, 4) is 0 Å². The zero-order valence-corrected chi connectivity index (χ0v) is 22.5. The van der Waals surface area contributed by atoms with Crippen molar-refractivity contribution in [2.24, 2.45) is 11.8 Å². The van der Waals surface area contributed by atoms with Crippen LogP contribution in [-0.4, -0.2) is 40.6 Å². The number of carbonyl (C=O) groups excluding carboxylic acids is 1. The molecule has 1 heterocycles. The SMILES string of the molecule is CC(C)[C@H](C[C@@H]1OC(C)(C)N(C(=O)OC(C)(C)C)[C@H]1CC1CCCCC1)OCc1ccccc1. The van der Waals surface area contributed by atoms with Gasteiger partial charge in [0, 0.05) is 6.42 Å². The Morgan fingerprint density at radius 3 is 2.35 bits per heavy atom. The van der Waals surface area contributed by atoms with Crippen LogP contribution in [0.2, 0.25) is 0 Å². The van der Waals surface area contributed by atoms with Gasteiger partial charge in [0.05, 0.1) is 24.9 Å². The topological polar surface area (TPSA) is 48.0 Å². The molecule has 0 radical (unpaired) electrons. The van der Waals surface area contributed by atoms with Gasteiger partial charge in [-0.1, -0.05) is 76.3 Å². The molecule has 1 aliphatic carbocycles. The highest BCUT2D eigenvalue weighted by atomic mass is 16.6. The molecule has 0 bridgehead atoms. The normalized spacial score (nSPS) is 24.4. The number of rotatable bonds is 8. The molecule has 0 aromatic heterocycles. The molecule has 1 aliphatic heterocycles. The molecule has 1 amide bonds. The molecule has 1 saturated heterocycles. The van der Waals surface area contributed by atoms with Crippen LogP contribution in [0.4, 0.5) is 4.79 Å². The minimum Gasteiger partial charge on any atom is -0.444 e. The summed E-state index contributed by atoms with van der Waals surface area (Å²) in [7, 11) is 0. The van der Waals surface area contributed by atoms with E-state index in [4.69, 9.17) is 14.2 Å². The Kier molecular flexibility index (Phi) is 9.08. The first kappa shape index (κ1) is 27.0. The fraction of sp³-hybridized carbons (Fsp3) is 0.759. The summed E-state index contributed by atoms with van der Waals surface area (Å²) in [5.74, 6) is 0.979. The van der Waals surface area contributed by atoms with Gasteiger partial charge in [-0.2, -0.15) is 0 Å². The fourth-order valence-corrected chi connectivity index (χ4v) is 5.50. The molecule has 1 saturated carbocycles. The number of amides is 1. The van der Waals surface area contributed by atoms with Crippen LogP contribution in [-0.2, 0) is 20.8 Å². The molecule has 3 rings (SSSR count). The third-order valence-electron chi connectivity index (χ3n) is 7.19. The maximum atomic E-state index is 13.4. The summed E-state index contributed by atoms with van der Waals surface area (Å²) < 4.78 is 18.9. The Hall–Kier alpha value is -1.59. The van der Waals surface area contributed by atoms with Gasteiger partial charge in [0.15, 0.2) is 0 Å². The lowest BCUT2D eigenvalue weighted by atomic mass is 9.82. The van der Waals surface area contributed by atoms with Crippen LogP contribution < -0.4 is 0 Å². The molecule has 1 aromatic rings. The smallest absolute Gasteiger partial charge is 0.412 e. The van der Waals surface area contributed by atoms with Gasteiger partial charge in [0.1, 0.15) is 11.3 Å². The maximum Gasteiger partial charge on any atom is 0.412 e. The largest absolute Gasteiger partial charge is 0.444 e. The van der Waals surface area contributed by atoms with Crippen LogP contribution in [0.1, 0.15) is 99.0 Å². The third kappa shape index (κ3) is 7.45. The Labute approximate surface area is 207 Å². The average Bonchev–Trinajstić information content (AvgIpc) is 3.00. The predicted molar refractivity (Wildman–Crippen MR) is 136 cm³/mol. The zero-order valence-electron chi connectivity index (χ0n) is 22.5. The van der Waals surface area contributed by atoms with Crippen LogP contribution in [0.15, 0.2) is 30.3 Å². The molecule has 2 aliphatic rings. The van der Waals surface area contributed by atoms with E-state index in [-0.39, 0.29) is 24.3 Å². The highest BCUT2D eigenvalue weighted by Crippen LogP contribution is 2.41. The van der Waals surface area contributed by atoms with E-state index >= 15 is 0 Å². The van der Waals surface area contributed by atoms with E-state index < -0.39 is 11.3 Å². The number of benzene rings is 1. The highest BCUT2D eigenvalue weighted by molar-refractivity contribution is 5.70. The van der Waals surface area contributed by atoms with Crippen molar-refractivity contribution in [1.82, 2.24) is 4.90 Å². The Morgan fingerprint density at radius 2 is 1.76 bits per heavy atom. The van der Waals surface area contributed by atoms with Crippen molar-refractivity contribution in [1.29, 1.82) is 0 Å². The molecule has 34 heavy (non-hydrogen) atoms. The van der Waals surface area contributed by atoms with Crippen LogP contribution in [0, 0.1) is 11.8 Å². The maximum absolute atomic E-state index is 13.4. The summed E-state index contributed by atoms with van der Waals surface area (Å²) in [4.78, 5) is 15.3. The molecule has 0 unspecified atom stereocenters. The van der Waals surface area contributed by atoms with E-state index in [2.05, 4.69) is 26.0 Å². The van der Waals surface area contributed by atoms with Crippen molar-refractivity contribution in [2.75, 3.05) is 0 Å². The van der Waals surface area contributed by atoms with Crippen LogP contribution in [0.3, 0.4) is 0 Å². The molecule has 1 aromatic carbocycles. The predicted octanol–water partition coefficient (Wildman–Crippen LogP) is 7.33. The summed E-state index contributed by atoms with van der Waals surface area (Å²) in [5.41, 5.74) is -0.0809. The van der Waals surface area contributed by atoms with Gasteiger partial charge in [-0.3, -0.25) is 4.90 Å². The Morgan fingerprint density at radius 1 is 1.12 bits per heavy atom. The van der Waals surface area contributed by atoms with E-state index in [0.717, 1.165) is 12.8 Å². The molecular formula is C29H47NO4. The van der Waals surface area contributed by atoms with Gasteiger partial charge in [-0.15, -0.1) is 0 Å². The summed E-state index contributed by atoms with van der Waals surface area (Å²) in [5, 5.41) is 0. The lowest BCUT2D eigenvalue weighted by Gasteiger charge is -2.37. The highest BCUT2D eigenvalue weighted by Gasteiger charge is 2.52. The van der Waals surface area contributed by atoms with Crippen molar-refractivity contribution in [3.63, 3.8) is 0 Å². The molecule has 0 N–H and O–H groups in total. The zero-order chi connectivity index (χ0) is 24.9. The second-order valence-corrected chi connectivity index (χ2v) is 12.1. The van der Waals surface area contributed by atoms with Crippen molar-refractivity contribution in [2.45, 2.75) is 130 Å². The van der Waals surface area contributed by atoms with Crippen LogP contribution >= 0.6 is 0 Å². The van der Waals surface area contributed by atoms with Crippen molar-refractivity contribution in [3.05, 3.63) is 35.9 Å². The first-order chi connectivity index (χ1) is 16.0. The van der Waals surface area contributed by atoms with Gasteiger partial charge < -0.3 is 14.2 Å². The molecular weight excluding hydrogens is 426 g/mol. The molecule has 2 fully saturated rings. The first-order valence-electron chi connectivity index (χ1n) is 13.3. The van der Waals surface area contributed by atoms with E-state index in [1.54, 1.807) is 0 Å². The number of hydrogen-bond acceptors (Lipinski definition) is 4. The Bertz CT molecular complexity index is 764. The quantitative estimate of drug-likeness (QED) is 0.396. The third-order valence-corrected chi connectivity index (χ3v) is 7.19. The lowest BCUT2D eigenvalue weighted by molar-refractivity contribution is -0.0937. The molecule has 3 atom stereocenters. The summed E-state index contributed by atoms with van der Waals surface area (Å²) in [6.45, 7) is 14.8. The molecule has 192 valence electrons. The summed E-state index contributed by atoms with van der Waals surface area (Å²) in [6, 6.07) is 10.3. The van der Waals surface area contributed by atoms with Crippen LogP contribution in [0.5, 0.6) is 0 Å². The lowest BCUT2D eigenvalue weighted by Crippen LogP contribution is -2.51. The van der Waals surface area contributed by atoms with E-state index in [9.17, 15) is 4.79 Å². The fourth-order valence-electron chi connectivity index (χ4n) is 5.50. The van der Waals surface area contributed by atoms with Crippen molar-refractivity contribution >= 4 is 6.09 Å². The number of carbonyl (C=O) groups is 1. The monoisotopic (exact) mass is 473 g/mol. The number of hydrogen-bond donors (Lipinski definition) is 0. The average molecular weight is 474 g/mol. The number of ether oxygens (including phenoxy) is 3. The van der Waals surface area contributed by atoms with E-state index in [0.29, 0.717) is 18.4 Å². The Balaban J connectivity index is 1.79. The van der Waals surface area contributed by atoms with Crippen LogP contribution in [0.25, 0.3) is 0 Å². The standard InChI is InChI=1S/C29H47NO4/c1-21(2)25(32-20-23-16-12-9-13-17-23)19-26-24(18-22-14-10-8-11-15-22)30(29(6,7)33-26)27(31)34-28(3,4)5/h9,12-13,16-17,21-22,24-26H,8,10-11,14-15,18-20H2,1-7H3/t24-,25-,26-/m0/s1. The van der Waals surface area contributed by atoms with E-state index in [1.807, 2.05) is 57.7 Å². The number of nitrogens with zero attached hydrogens (tertiary/aromatic N) is 1. The summed E-state index contributed by atoms with van der Waals surface area (Å²) in [6.07, 6.45) is 7.81.